The summed E-state index contributed by atoms with van der Waals surface area (Å²) in [6.45, 7) is 11.4. The van der Waals surface area contributed by atoms with Gasteiger partial charge < -0.3 is 14.4 Å². The van der Waals surface area contributed by atoms with Gasteiger partial charge in [0.1, 0.15) is 0 Å². The summed E-state index contributed by atoms with van der Waals surface area (Å²) in [6, 6.07) is 4.46. The minimum atomic E-state index is -0.356. The number of Topliss-reactive ketones (excluding diaryl/α,β-unsaturated/α-hetero) is 2. The van der Waals surface area contributed by atoms with E-state index in [1.165, 1.54) is 30.7 Å². The topological polar surface area (TPSA) is 55.8 Å². The molecule has 1 aliphatic heterocycles. The summed E-state index contributed by atoms with van der Waals surface area (Å²) in [5, 5.41) is 0. The lowest BCUT2D eigenvalue weighted by Crippen LogP contribution is -2.48. The van der Waals surface area contributed by atoms with E-state index in [9.17, 15) is 9.59 Å². The lowest BCUT2D eigenvalue weighted by molar-refractivity contribution is -0.119. The van der Waals surface area contributed by atoms with Gasteiger partial charge in [-0.3, -0.25) is 9.59 Å². The third-order valence-electron chi connectivity index (χ3n) is 8.77. The van der Waals surface area contributed by atoms with E-state index in [4.69, 9.17) is 9.47 Å². The van der Waals surface area contributed by atoms with E-state index in [0.717, 1.165) is 51.7 Å². The maximum Gasteiger partial charge on any atom is 0.174 e. The van der Waals surface area contributed by atoms with E-state index in [1.54, 1.807) is 7.11 Å². The average molecular weight is 632 g/mol. The molecule has 38 heavy (non-hydrogen) atoms. The molecule has 3 aliphatic carbocycles. The van der Waals surface area contributed by atoms with Crippen LogP contribution in [0.25, 0.3) is 0 Å². The molecular formula is C32H42INO4. The number of rotatable bonds is 5. The highest BCUT2D eigenvalue weighted by molar-refractivity contribution is 14.1. The number of nitrogens with zero attached hydrogens (tertiary/aromatic N) is 1. The Morgan fingerprint density at radius 2 is 1.45 bits per heavy atom. The van der Waals surface area contributed by atoms with Crippen LogP contribution < -0.4 is 9.47 Å². The van der Waals surface area contributed by atoms with Crippen molar-refractivity contribution < 1.29 is 19.1 Å². The zero-order chi connectivity index (χ0) is 27.4. The van der Waals surface area contributed by atoms with Crippen LogP contribution in [0.4, 0.5) is 0 Å². The number of hydrogen-bond donors (Lipinski definition) is 0. The minimum Gasteiger partial charge on any atom is -0.493 e. The number of ketones is 2. The molecule has 0 unspecified atom stereocenters. The highest BCUT2D eigenvalue weighted by atomic mass is 127. The first kappa shape index (κ1) is 27.7. The van der Waals surface area contributed by atoms with Gasteiger partial charge in [0.25, 0.3) is 0 Å². The molecule has 0 aromatic heterocycles. The Hall–Kier alpha value is -1.83. The zero-order valence-electron chi connectivity index (χ0n) is 23.8. The standard InChI is InChI=1S/C32H42INO4/c1-7-38-30-21(33)13-19(14-26(30)37-6)27-28-22(15-31(2,3)17-24(28)35)34(20-11-9-8-10-12-20)23-16-32(4,5)18-25(36)29(23)27/h13-14,20,27H,7-12,15-18H2,1-6H3. The lowest BCUT2D eigenvalue weighted by atomic mass is 9.63. The third kappa shape index (κ3) is 4.95. The summed E-state index contributed by atoms with van der Waals surface area (Å²) in [5.41, 5.74) is 4.80. The van der Waals surface area contributed by atoms with Crippen molar-refractivity contribution in [3.05, 3.63) is 43.8 Å². The van der Waals surface area contributed by atoms with Gasteiger partial charge in [-0.1, -0.05) is 47.0 Å². The number of allylic oxidation sites excluding steroid dienone is 4. The van der Waals surface area contributed by atoms with Crippen molar-refractivity contribution in [3.8, 4) is 11.5 Å². The van der Waals surface area contributed by atoms with Crippen LogP contribution in [-0.4, -0.2) is 36.2 Å². The number of carbonyl (C=O) groups excluding carboxylic acids is 2. The van der Waals surface area contributed by atoms with Crippen molar-refractivity contribution in [3.63, 3.8) is 0 Å². The molecule has 1 aromatic carbocycles. The summed E-state index contributed by atoms with van der Waals surface area (Å²) >= 11 is 2.29. The quantitative estimate of drug-likeness (QED) is 0.312. The van der Waals surface area contributed by atoms with Gasteiger partial charge in [-0.15, -0.1) is 0 Å². The lowest BCUT2D eigenvalue weighted by Gasteiger charge is -2.52. The molecule has 0 atom stereocenters. The van der Waals surface area contributed by atoms with Gasteiger partial charge in [-0.25, -0.2) is 0 Å². The second kappa shape index (κ2) is 10.3. The number of benzene rings is 1. The molecule has 1 saturated carbocycles. The smallest absolute Gasteiger partial charge is 0.174 e. The minimum absolute atomic E-state index is 0.107. The van der Waals surface area contributed by atoms with Crippen LogP contribution in [0.1, 0.15) is 104 Å². The Bertz CT molecular complexity index is 1160. The summed E-state index contributed by atoms with van der Waals surface area (Å²) in [5.74, 6) is 1.39. The maximum absolute atomic E-state index is 14.1. The summed E-state index contributed by atoms with van der Waals surface area (Å²) in [7, 11) is 1.65. The third-order valence-corrected chi connectivity index (χ3v) is 9.57. The SMILES string of the molecule is CCOc1c(I)cc(C2C3=C(CC(C)(C)CC3=O)N(C3CCCCC3)C3=C2C(=O)CC(C)(C)C3)cc1OC. The molecule has 0 spiro atoms. The van der Waals surface area contributed by atoms with Crippen molar-refractivity contribution in [2.75, 3.05) is 13.7 Å². The molecule has 6 heteroatoms. The predicted molar refractivity (Wildman–Crippen MR) is 158 cm³/mol. The van der Waals surface area contributed by atoms with E-state index in [0.29, 0.717) is 31.2 Å². The molecule has 5 nitrogen and oxygen atoms in total. The monoisotopic (exact) mass is 631 g/mol. The molecule has 0 saturated heterocycles. The number of ether oxygens (including phenoxy) is 2. The second-order valence-electron chi connectivity index (χ2n) is 13.2. The van der Waals surface area contributed by atoms with Crippen LogP contribution >= 0.6 is 22.6 Å². The Kier molecular flexibility index (Phi) is 7.51. The van der Waals surface area contributed by atoms with Gasteiger partial charge in [-0.05, 0) is 83.7 Å². The van der Waals surface area contributed by atoms with E-state index >= 15 is 0 Å². The first-order valence-electron chi connectivity index (χ1n) is 14.3. The van der Waals surface area contributed by atoms with Crippen LogP contribution in [0, 0.1) is 14.4 Å². The zero-order valence-corrected chi connectivity index (χ0v) is 26.0. The van der Waals surface area contributed by atoms with Crippen molar-refractivity contribution in [1.29, 1.82) is 0 Å². The summed E-state index contributed by atoms with van der Waals surface area (Å²) in [4.78, 5) is 30.7. The molecule has 0 radical (unpaired) electrons. The van der Waals surface area contributed by atoms with Crippen molar-refractivity contribution in [2.45, 2.75) is 104 Å². The second-order valence-corrected chi connectivity index (χ2v) is 14.3. The Morgan fingerprint density at radius 3 is 1.95 bits per heavy atom. The van der Waals surface area contributed by atoms with Gasteiger partial charge in [-0.2, -0.15) is 0 Å². The Balaban J connectivity index is 1.78. The van der Waals surface area contributed by atoms with Gasteiger partial charge in [0, 0.05) is 47.3 Å². The molecule has 0 amide bonds. The molecule has 1 fully saturated rings. The first-order chi connectivity index (χ1) is 18.0. The van der Waals surface area contributed by atoms with Gasteiger partial charge in [0.15, 0.2) is 23.1 Å². The number of carbonyl (C=O) groups is 2. The first-order valence-corrected chi connectivity index (χ1v) is 15.4. The molecule has 206 valence electrons. The summed E-state index contributed by atoms with van der Waals surface area (Å²) < 4.78 is 12.6. The molecule has 1 heterocycles. The van der Waals surface area contributed by atoms with Crippen molar-refractivity contribution in [2.24, 2.45) is 10.8 Å². The molecule has 1 aromatic rings. The van der Waals surface area contributed by atoms with Crippen LogP contribution in [0.2, 0.25) is 0 Å². The normalized spacial score (nSPS) is 23.9. The molecule has 5 rings (SSSR count). The van der Waals surface area contributed by atoms with E-state index in [-0.39, 0.29) is 28.3 Å². The van der Waals surface area contributed by atoms with Crippen LogP contribution in [0.3, 0.4) is 0 Å². The number of hydrogen-bond acceptors (Lipinski definition) is 5. The highest BCUT2D eigenvalue weighted by Gasteiger charge is 2.50. The fraction of sp³-hybridized carbons (Fsp3) is 0.625. The predicted octanol–water partition coefficient (Wildman–Crippen LogP) is 7.72. The molecule has 0 N–H and O–H groups in total. The van der Waals surface area contributed by atoms with Crippen LogP contribution in [0.5, 0.6) is 11.5 Å². The Labute approximate surface area is 241 Å². The van der Waals surface area contributed by atoms with E-state index in [2.05, 4.69) is 61.3 Å². The highest BCUT2D eigenvalue weighted by Crippen LogP contribution is 2.56. The van der Waals surface area contributed by atoms with Gasteiger partial charge in [0.05, 0.1) is 17.3 Å². The molecule has 0 bridgehead atoms. The van der Waals surface area contributed by atoms with Crippen molar-refractivity contribution >= 4 is 34.2 Å². The van der Waals surface area contributed by atoms with E-state index in [1.807, 2.05) is 13.0 Å². The van der Waals surface area contributed by atoms with Crippen LogP contribution in [0.15, 0.2) is 34.7 Å². The van der Waals surface area contributed by atoms with Crippen molar-refractivity contribution in [1.82, 2.24) is 4.90 Å². The largest absolute Gasteiger partial charge is 0.493 e. The molecule has 4 aliphatic rings. The van der Waals surface area contributed by atoms with Gasteiger partial charge >= 0.3 is 0 Å². The average Bonchev–Trinajstić information content (AvgIpc) is 2.83. The number of halogens is 1. The Morgan fingerprint density at radius 1 is 0.895 bits per heavy atom. The van der Waals surface area contributed by atoms with E-state index < -0.39 is 0 Å². The van der Waals surface area contributed by atoms with Crippen LogP contribution in [-0.2, 0) is 9.59 Å². The fourth-order valence-corrected chi connectivity index (χ4v) is 8.08. The molecular weight excluding hydrogens is 589 g/mol. The fourth-order valence-electron chi connectivity index (χ4n) is 7.30. The maximum atomic E-state index is 14.1. The summed E-state index contributed by atoms with van der Waals surface area (Å²) in [6.07, 6.45) is 8.66. The number of methoxy groups -OCH3 is 1. The van der Waals surface area contributed by atoms with Gasteiger partial charge in [0.2, 0.25) is 0 Å².